The van der Waals surface area contributed by atoms with E-state index in [1.807, 2.05) is 6.20 Å². The highest BCUT2D eigenvalue weighted by Crippen LogP contribution is 2.44. The predicted molar refractivity (Wildman–Crippen MR) is 105 cm³/mol. The van der Waals surface area contributed by atoms with Crippen molar-refractivity contribution in [3.8, 4) is 11.1 Å². The number of likely N-dealkylation sites (tertiary alicyclic amines) is 1. The van der Waals surface area contributed by atoms with E-state index in [9.17, 15) is 4.79 Å². The van der Waals surface area contributed by atoms with E-state index >= 15 is 0 Å². The van der Waals surface area contributed by atoms with Gasteiger partial charge in [0.25, 0.3) is 0 Å². The van der Waals surface area contributed by atoms with E-state index in [2.05, 4.69) is 46.3 Å². The van der Waals surface area contributed by atoms with E-state index in [1.165, 1.54) is 11.1 Å². The average molecular weight is 367 g/mol. The fraction of sp³-hybridized carbons (Fsp3) is 0.545. The highest BCUT2D eigenvalue weighted by Gasteiger charge is 2.47. The average Bonchev–Trinajstić information content (AvgIpc) is 3.15. The Morgan fingerprint density at radius 3 is 2.74 bits per heavy atom. The van der Waals surface area contributed by atoms with Gasteiger partial charge in [0.1, 0.15) is 0 Å². The van der Waals surface area contributed by atoms with Crippen LogP contribution in [-0.4, -0.2) is 47.8 Å². The number of nitrogens with one attached hydrogen (secondary N) is 1. The van der Waals surface area contributed by atoms with Crippen molar-refractivity contribution in [2.75, 3.05) is 26.8 Å². The zero-order valence-corrected chi connectivity index (χ0v) is 16.3. The molecule has 1 N–H and O–H groups in total. The molecule has 1 unspecified atom stereocenters. The lowest BCUT2D eigenvalue weighted by molar-refractivity contribution is -0.153. The van der Waals surface area contributed by atoms with Crippen LogP contribution in [0, 0.1) is 12.3 Å². The van der Waals surface area contributed by atoms with Gasteiger partial charge in [-0.2, -0.15) is 5.10 Å². The summed E-state index contributed by atoms with van der Waals surface area (Å²) in [6.07, 6.45) is 7.08. The number of aromatic amines is 1. The molecule has 2 heterocycles. The first-order chi connectivity index (χ1) is 13.1. The molecule has 2 aromatic rings. The Morgan fingerprint density at radius 2 is 2.07 bits per heavy atom. The summed E-state index contributed by atoms with van der Waals surface area (Å²) >= 11 is 0. The predicted octanol–water partition coefficient (Wildman–Crippen LogP) is 3.91. The maximum absolute atomic E-state index is 13.2. The number of nitrogens with zero attached hydrogens (tertiary/aromatic N) is 2. The van der Waals surface area contributed by atoms with E-state index in [0.717, 1.165) is 56.5 Å². The first-order valence-electron chi connectivity index (χ1n) is 10.0. The molecule has 5 heteroatoms. The van der Waals surface area contributed by atoms with E-state index < -0.39 is 0 Å². The van der Waals surface area contributed by atoms with Crippen LogP contribution in [0.15, 0.2) is 30.5 Å². The summed E-state index contributed by atoms with van der Waals surface area (Å²) in [7, 11) is 1.70. The van der Waals surface area contributed by atoms with Crippen LogP contribution in [0.4, 0.5) is 0 Å². The number of aryl methyl sites for hydroxylation is 1. The third-order valence-electron chi connectivity index (χ3n) is 6.33. The monoisotopic (exact) mass is 367 g/mol. The van der Waals surface area contributed by atoms with Gasteiger partial charge in [0.15, 0.2) is 0 Å². The number of benzene rings is 1. The van der Waals surface area contributed by atoms with Crippen LogP contribution < -0.4 is 0 Å². The maximum Gasteiger partial charge on any atom is 0.231 e. The smallest absolute Gasteiger partial charge is 0.231 e. The number of amides is 1. The Labute approximate surface area is 161 Å². The highest BCUT2D eigenvalue weighted by molar-refractivity contribution is 5.84. The molecule has 1 aromatic heterocycles. The SMILES string of the molecule is COCC1(C(=O)N2CCCC(c3[nH]ncc3-c3ccc(C)cc3)C2)CCC1. The molecule has 144 valence electrons. The summed E-state index contributed by atoms with van der Waals surface area (Å²) in [6, 6.07) is 8.57. The van der Waals surface area contributed by atoms with Crippen molar-refractivity contribution in [2.45, 2.75) is 44.9 Å². The Hall–Kier alpha value is -2.14. The van der Waals surface area contributed by atoms with Crippen molar-refractivity contribution >= 4 is 5.91 Å². The third kappa shape index (κ3) is 3.41. The van der Waals surface area contributed by atoms with E-state index in [-0.39, 0.29) is 11.3 Å². The van der Waals surface area contributed by atoms with Gasteiger partial charge < -0.3 is 9.64 Å². The second-order valence-corrected chi connectivity index (χ2v) is 8.22. The fourth-order valence-corrected chi connectivity index (χ4v) is 4.60. The largest absolute Gasteiger partial charge is 0.384 e. The quantitative estimate of drug-likeness (QED) is 0.872. The van der Waals surface area contributed by atoms with Gasteiger partial charge in [-0.15, -0.1) is 0 Å². The minimum atomic E-state index is -0.273. The molecule has 1 saturated carbocycles. The molecule has 0 spiro atoms. The van der Waals surface area contributed by atoms with Crippen molar-refractivity contribution in [1.29, 1.82) is 0 Å². The topological polar surface area (TPSA) is 58.2 Å². The maximum atomic E-state index is 13.2. The van der Waals surface area contributed by atoms with Gasteiger partial charge in [0, 0.05) is 37.4 Å². The molecule has 4 rings (SSSR count). The van der Waals surface area contributed by atoms with Crippen molar-refractivity contribution < 1.29 is 9.53 Å². The summed E-state index contributed by atoms with van der Waals surface area (Å²) in [6.45, 7) is 4.27. The number of carbonyl (C=O) groups excluding carboxylic acids is 1. The molecule has 1 saturated heterocycles. The Balaban J connectivity index is 1.53. The molecule has 1 amide bonds. The van der Waals surface area contributed by atoms with Gasteiger partial charge >= 0.3 is 0 Å². The van der Waals surface area contributed by atoms with Crippen LogP contribution in [-0.2, 0) is 9.53 Å². The highest BCUT2D eigenvalue weighted by atomic mass is 16.5. The molecule has 2 fully saturated rings. The van der Waals surface area contributed by atoms with Gasteiger partial charge in [0.05, 0.1) is 18.2 Å². The lowest BCUT2D eigenvalue weighted by Gasteiger charge is -2.45. The van der Waals surface area contributed by atoms with Crippen LogP contribution in [0.5, 0.6) is 0 Å². The van der Waals surface area contributed by atoms with E-state index in [4.69, 9.17) is 4.74 Å². The molecule has 2 aliphatic rings. The molecule has 1 aromatic carbocycles. The number of aromatic nitrogens is 2. The molecule has 0 radical (unpaired) electrons. The van der Waals surface area contributed by atoms with Crippen molar-refractivity contribution in [1.82, 2.24) is 15.1 Å². The van der Waals surface area contributed by atoms with Gasteiger partial charge in [-0.3, -0.25) is 9.89 Å². The molecular formula is C22H29N3O2. The first kappa shape index (κ1) is 18.2. The van der Waals surface area contributed by atoms with Gasteiger partial charge in [-0.05, 0) is 38.2 Å². The number of H-pyrrole nitrogens is 1. The first-order valence-corrected chi connectivity index (χ1v) is 10.0. The Bertz CT molecular complexity index is 792. The normalized spacial score (nSPS) is 21.7. The number of ether oxygens (including phenoxy) is 1. The number of piperidine rings is 1. The Kier molecular flexibility index (Phi) is 5.04. The lowest BCUT2D eigenvalue weighted by atomic mass is 9.68. The van der Waals surface area contributed by atoms with E-state index in [0.29, 0.717) is 12.5 Å². The standard InChI is InChI=1S/C22H29N3O2/c1-16-6-8-17(9-7-16)19-13-23-24-20(19)18-5-3-12-25(14-18)21(26)22(15-27-2)10-4-11-22/h6-9,13,18H,3-5,10-12,14-15H2,1-2H3,(H,23,24). The molecule has 1 aliphatic heterocycles. The minimum absolute atomic E-state index is 0.273. The molecule has 1 atom stereocenters. The van der Waals surface area contributed by atoms with Crippen LogP contribution in [0.3, 0.4) is 0 Å². The van der Waals surface area contributed by atoms with Gasteiger partial charge in [-0.1, -0.05) is 36.2 Å². The van der Waals surface area contributed by atoms with Gasteiger partial charge in [0.2, 0.25) is 5.91 Å². The molecule has 5 nitrogen and oxygen atoms in total. The number of methoxy groups -OCH3 is 1. The van der Waals surface area contributed by atoms with E-state index in [1.54, 1.807) is 7.11 Å². The van der Waals surface area contributed by atoms with Crippen molar-refractivity contribution in [3.05, 3.63) is 41.7 Å². The summed E-state index contributed by atoms with van der Waals surface area (Å²) in [5.41, 5.74) is 4.48. The summed E-state index contributed by atoms with van der Waals surface area (Å²) < 4.78 is 5.38. The van der Waals surface area contributed by atoms with Crippen LogP contribution in [0.2, 0.25) is 0 Å². The second kappa shape index (κ2) is 7.47. The molecule has 1 aliphatic carbocycles. The zero-order chi connectivity index (χ0) is 18.9. The fourth-order valence-electron chi connectivity index (χ4n) is 4.60. The van der Waals surface area contributed by atoms with Crippen molar-refractivity contribution in [3.63, 3.8) is 0 Å². The number of rotatable bonds is 5. The summed E-state index contributed by atoms with van der Waals surface area (Å²) in [5.74, 6) is 0.595. The minimum Gasteiger partial charge on any atom is -0.384 e. The van der Waals surface area contributed by atoms with Crippen LogP contribution >= 0.6 is 0 Å². The molecule has 27 heavy (non-hydrogen) atoms. The lowest BCUT2D eigenvalue weighted by Crippen LogP contribution is -2.52. The Morgan fingerprint density at radius 1 is 1.30 bits per heavy atom. The van der Waals surface area contributed by atoms with Gasteiger partial charge in [-0.25, -0.2) is 0 Å². The number of carbonyl (C=O) groups is 1. The molecular weight excluding hydrogens is 338 g/mol. The van der Waals surface area contributed by atoms with Crippen LogP contribution in [0.25, 0.3) is 11.1 Å². The molecule has 0 bridgehead atoms. The summed E-state index contributed by atoms with van der Waals surface area (Å²) in [4.78, 5) is 15.3. The third-order valence-corrected chi connectivity index (χ3v) is 6.33. The zero-order valence-electron chi connectivity index (χ0n) is 16.3. The summed E-state index contributed by atoms with van der Waals surface area (Å²) in [5, 5.41) is 7.55. The van der Waals surface area contributed by atoms with Crippen LogP contribution in [0.1, 0.15) is 49.3 Å². The second-order valence-electron chi connectivity index (χ2n) is 8.22. The number of hydrogen-bond acceptors (Lipinski definition) is 3. The van der Waals surface area contributed by atoms with Crippen molar-refractivity contribution in [2.24, 2.45) is 5.41 Å². The number of hydrogen-bond donors (Lipinski definition) is 1.